The Balaban J connectivity index is 1.82. The normalized spacial score (nSPS) is 27.0. The molecule has 1 aliphatic heterocycles. The van der Waals surface area contributed by atoms with E-state index < -0.39 is 5.60 Å². The standard InChI is InChI=1S/C19H31NO4/c1-5-18(2)14-19(21,9-11-24-18)8-10-20-13-15-6-7-16(22-3)17(12-15)23-4/h6-7,12,20-21H,5,8-11,13-14H2,1-4H3/p+1/t18-,19+/m1/s1. The lowest BCUT2D eigenvalue weighted by molar-refractivity contribution is -0.672. The quantitative estimate of drug-likeness (QED) is 0.710. The highest BCUT2D eigenvalue weighted by molar-refractivity contribution is 5.42. The maximum absolute atomic E-state index is 10.8. The van der Waals surface area contributed by atoms with Crippen LogP contribution in [0.2, 0.25) is 0 Å². The molecule has 3 N–H and O–H groups in total. The van der Waals surface area contributed by atoms with Gasteiger partial charge in [0, 0.05) is 18.4 Å². The molecular formula is C19H32NO4+. The van der Waals surface area contributed by atoms with E-state index in [1.165, 1.54) is 5.56 Å². The van der Waals surface area contributed by atoms with E-state index in [1.807, 2.05) is 12.1 Å². The Hall–Kier alpha value is -1.30. The summed E-state index contributed by atoms with van der Waals surface area (Å²) in [6, 6.07) is 5.99. The fraction of sp³-hybridized carbons (Fsp3) is 0.684. The summed E-state index contributed by atoms with van der Waals surface area (Å²) in [5.41, 5.74) is 0.401. The predicted molar refractivity (Wildman–Crippen MR) is 93.5 cm³/mol. The number of nitrogens with two attached hydrogens (primary N) is 1. The largest absolute Gasteiger partial charge is 0.493 e. The predicted octanol–water partition coefficient (Wildman–Crippen LogP) is 1.87. The van der Waals surface area contributed by atoms with Crippen LogP contribution in [0.25, 0.3) is 0 Å². The fourth-order valence-corrected chi connectivity index (χ4v) is 3.41. The molecule has 0 aliphatic carbocycles. The third-order valence-corrected chi connectivity index (χ3v) is 5.11. The van der Waals surface area contributed by atoms with Crippen molar-refractivity contribution in [3.8, 4) is 11.5 Å². The first-order valence-corrected chi connectivity index (χ1v) is 8.82. The van der Waals surface area contributed by atoms with Crippen molar-refractivity contribution in [2.75, 3.05) is 27.4 Å². The van der Waals surface area contributed by atoms with Gasteiger partial charge in [-0.25, -0.2) is 0 Å². The summed E-state index contributed by atoms with van der Waals surface area (Å²) in [6.45, 7) is 6.62. The van der Waals surface area contributed by atoms with E-state index in [4.69, 9.17) is 14.2 Å². The lowest BCUT2D eigenvalue weighted by Crippen LogP contribution is -2.83. The highest BCUT2D eigenvalue weighted by atomic mass is 16.5. The molecule has 0 unspecified atom stereocenters. The second-order valence-corrected chi connectivity index (χ2v) is 7.02. The zero-order valence-corrected chi connectivity index (χ0v) is 15.4. The van der Waals surface area contributed by atoms with Gasteiger partial charge in [0.2, 0.25) is 0 Å². The Morgan fingerprint density at radius 3 is 2.67 bits per heavy atom. The molecule has 1 fully saturated rings. The molecular weight excluding hydrogens is 306 g/mol. The second kappa shape index (κ2) is 8.19. The molecule has 0 radical (unpaired) electrons. The van der Waals surface area contributed by atoms with Gasteiger partial charge in [-0.05, 0) is 38.0 Å². The van der Waals surface area contributed by atoms with Crippen molar-refractivity contribution in [1.82, 2.24) is 0 Å². The Labute approximate surface area is 145 Å². The summed E-state index contributed by atoms with van der Waals surface area (Å²) in [5, 5.41) is 13.1. The van der Waals surface area contributed by atoms with Gasteiger partial charge in [0.25, 0.3) is 0 Å². The SMILES string of the molecule is CC[C@]1(C)C[C@](O)(CC[NH2+]Cc2ccc(OC)c(OC)c2)CCO1. The second-order valence-electron chi connectivity index (χ2n) is 7.02. The number of quaternary nitrogens is 1. The van der Waals surface area contributed by atoms with Crippen LogP contribution < -0.4 is 14.8 Å². The van der Waals surface area contributed by atoms with E-state index in [-0.39, 0.29) is 5.60 Å². The van der Waals surface area contributed by atoms with E-state index in [9.17, 15) is 5.11 Å². The van der Waals surface area contributed by atoms with Crippen molar-refractivity contribution in [1.29, 1.82) is 0 Å². The number of rotatable bonds is 8. The first-order valence-electron chi connectivity index (χ1n) is 8.82. The van der Waals surface area contributed by atoms with Gasteiger partial charge < -0.3 is 24.6 Å². The molecule has 0 amide bonds. The Morgan fingerprint density at radius 1 is 1.25 bits per heavy atom. The maximum Gasteiger partial charge on any atom is 0.161 e. The molecule has 2 rings (SSSR count). The average molecular weight is 338 g/mol. The van der Waals surface area contributed by atoms with Crippen molar-refractivity contribution in [2.45, 2.75) is 57.3 Å². The zero-order chi connectivity index (χ0) is 17.6. The highest BCUT2D eigenvalue weighted by Crippen LogP contribution is 2.36. The van der Waals surface area contributed by atoms with Crippen molar-refractivity contribution in [3.05, 3.63) is 23.8 Å². The van der Waals surface area contributed by atoms with Gasteiger partial charge in [0.1, 0.15) is 6.54 Å². The van der Waals surface area contributed by atoms with Crippen LogP contribution in [-0.4, -0.2) is 43.7 Å². The number of ether oxygens (including phenoxy) is 3. The van der Waals surface area contributed by atoms with Gasteiger partial charge in [-0.15, -0.1) is 0 Å². The first-order chi connectivity index (χ1) is 11.4. The minimum absolute atomic E-state index is 0.184. The molecule has 1 aliphatic rings. The van der Waals surface area contributed by atoms with Gasteiger partial charge in [-0.1, -0.05) is 6.92 Å². The minimum Gasteiger partial charge on any atom is -0.493 e. The van der Waals surface area contributed by atoms with Crippen molar-refractivity contribution in [3.63, 3.8) is 0 Å². The summed E-state index contributed by atoms with van der Waals surface area (Å²) in [7, 11) is 3.29. The van der Waals surface area contributed by atoms with Gasteiger partial charge in [0.05, 0.1) is 38.6 Å². The van der Waals surface area contributed by atoms with Crippen LogP contribution in [0.5, 0.6) is 11.5 Å². The summed E-state index contributed by atoms with van der Waals surface area (Å²) in [6.07, 6.45) is 3.18. The molecule has 136 valence electrons. The molecule has 2 atom stereocenters. The molecule has 1 aromatic rings. The molecule has 5 heteroatoms. The van der Waals surface area contributed by atoms with Crippen LogP contribution in [0.15, 0.2) is 18.2 Å². The number of benzene rings is 1. The molecule has 24 heavy (non-hydrogen) atoms. The van der Waals surface area contributed by atoms with Crippen molar-refractivity contribution >= 4 is 0 Å². The summed E-state index contributed by atoms with van der Waals surface area (Å²) in [5.74, 6) is 1.50. The van der Waals surface area contributed by atoms with Gasteiger partial charge in [-0.3, -0.25) is 0 Å². The number of hydrogen-bond acceptors (Lipinski definition) is 4. The Morgan fingerprint density at radius 2 is 2.00 bits per heavy atom. The monoisotopic (exact) mass is 338 g/mol. The minimum atomic E-state index is -0.600. The lowest BCUT2D eigenvalue weighted by Gasteiger charge is -2.42. The smallest absolute Gasteiger partial charge is 0.161 e. The third kappa shape index (κ3) is 4.85. The van der Waals surface area contributed by atoms with Gasteiger partial charge in [-0.2, -0.15) is 0 Å². The van der Waals surface area contributed by atoms with Crippen LogP contribution in [0, 0.1) is 0 Å². The van der Waals surface area contributed by atoms with E-state index in [2.05, 4.69) is 25.2 Å². The Kier molecular flexibility index (Phi) is 6.49. The summed E-state index contributed by atoms with van der Waals surface area (Å²) < 4.78 is 16.4. The number of aliphatic hydroxyl groups is 1. The molecule has 1 saturated heterocycles. The summed E-state index contributed by atoms with van der Waals surface area (Å²) in [4.78, 5) is 0. The molecule has 1 aromatic carbocycles. The Bertz CT molecular complexity index is 536. The molecule has 1 heterocycles. The third-order valence-electron chi connectivity index (χ3n) is 5.11. The van der Waals surface area contributed by atoms with Gasteiger partial charge in [0.15, 0.2) is 11.5 Å². The molecule has 0 aromatic heterocycles. The van der Waals surface area contributed by atoms with Crippen LogP contribution in [0.4, 0.5) is 0 Å². The molecule has 0 spiro atoms. The average Bonchev–Trinajstić information content (AvgIpc) is 2.58. The molecule has 5 nitrogen and oxygen atoms in total. The van der Waals surface area contributed by atoms with Gasteiger partial charge >= 0.3 is 0 Å². The lowest BCUT2D eigenvalue weighted by atomic mass is 9.80. The topological polar surface area (TPSA) is 64.5 Å². The molecule has 0 bridgehead atoms. The van der Waals surface area contributed by atoms with Crippen molar-refractivity contribution in [2.24, 2.45) is 0 Å². The van der Waals surface area contributed by atoms with E-state index in [0.29, 0.717) is 6.61 Å². The fourth-order valence-electron chi connectivity index (χ4n) is 3.41. The van der Waals surface area contributed by atoms with Crippen LogP contribution >= 0.6 is 0 Å². The highest BCUT2D eigenvalue weighted by Gasteiger charge is 2.41. The zero-order valence-electron chi connectivity index (χ0n) is 15.4. The number of hydrogen-bond donors (Lipinski definition) is 2. The summed E-state index contributed by atoms with van der Waals surface area (Å²) >= 11 is 0. The van der Waals surface area contributed by atoms with E-state index in [1.54, 1.807) is 14.2 Å². The van der Waals surface area contributed by atoms with E-state index >= 15 is 0 Å². The van der Waals surface area contributed by atoms with Crippen LogP contribution in [0.3, 0.4) is 0 Å². The molecule has 0 saturated carbocycles. The van der Waals surface area contributed by atoms with Crippen LogP contribution in [-0.2, 0) is 11.3 Å². The first kappa shape index (κ1) is 19.0. The number of methoxy groups -OCH3 is 2. The van der Waals surface area contributed by atoms with E-state index in [0.717, 1.165) is 50.3 Å². The van der Waals surface area contributed by atoms with Crippen LogP contribution in [0.1, 0.15) is 45.1 Å². The van der Waals surface area contributed by atoms with Crippen molar-refractivity contribution < 1.29 is 24.6 Å². The maximum atomic E-state index is 10.8.